The summed E-state index contributed by atoms with van der Waals surface area (Å²) in [5.74, 6) is -0.433. The van der Waals surface area contributed by atoms with Crippen LogP contribution in [0, 0.1) is 0 Å². The molecule has 22 heavy (non-hydrogen) atoms. The minimum atomic E-state index is -0.561. The average molecular weight is 300 g/mol. The van der Waals surface area contributed by atoms with Crippen molar-refractivity contribution in [2.75, 3.05) is 13.2 Å². The van der Waals surface area contributed by atoms with Gasteiger partial charge in [0.25, 0.3) is 0 Å². The van der Waals surface area contributed by atoms with Gasteiger partial charge in [-0.25, -0.2) is 0 Å². The first-order valence-electron chi connectivity index (χ1n) is 7.08. The number of nitrogens with one attached hydrogen (secondary N) is 1. The number of rotatable bonds is 2. The molecule has 0 unspecified atom stereocenters. The van der Waals surface area contributed by atoms with Crippen molar-refractivity contribution < 1.29 is 14.7 Å². The monoisotopic (exact) mass is 300 g/mol. The number of pyridine rings is 1. The third-order valence-corrected chi connectivity index (χ3v) is 4.08. The first-order chi connectivity index (χ1) is 10.5. The maximum absolute atomic E-state index is 12.6. The van der Waals surface area contributed by atoms with E-state index in [9.17, 15) is 14.4 Å². The Hall–Kier alpha value is -2.47. The first kappa shape index (κ1) is 14.5. The molecule has 0 saturated carbocycles. The van der Waals surface area contributed by atoms with Gasteiger partial charge in [-0.1, -0.05) is 6.07 Å². The van der Waals surface area contributed by atoms with Gasteiger partial charge in [0.2, 0.25) is 5.91 Å². The number of amides is 1. The van der Waals surface area contributed by atoms with Gasteiger partial charge in [-0.15, -0.1) is 0 Å². The number of aromatic nitrogens is 1. The van der Waals surface area contributed by atoms with Crippen molar-refractivity contribution in [3.63, 3.8) is 0 Å². The molecule has 0 fully saturated rings. The van der Waals surface area contributed by atoms with Gasteiger partial charge in [-0.05, 0) is 12.1 Å². The summed E-state index contributed by atoms with van der Waals surface area (Å²) in [6.45, 7) is 1.81. The molecule has 0 aliphatic carbocycles. The molecule has 0 radical (unpaired) electrons. The van der Waals surface area contributed by atoms with Gasteiger partial charge in [-0.3, -0.25) is 14.4 Å². The van der Waals surface area contributed by atoms with E-state index < -0.39 is 6.61 Å². The molecule has 1 amide bonds. The molecule has 0 spiro atoms. The standard InChI is InChI=1S/C16H16N2O4/c1-9(20)18-5-4-13-12(7-18)16(22)11-3-2-10(15(21)8-19)6-14(11)17-13/h2-3,6,19H,4-5,7-8H2,1H3,(H,17,22). The average Bonchev–Trinajstić information content (AvgIpc) is 2.53. The molecule has 2 N–H and O–H groups in total. The van der Waals surface area contributed by atoms with E-state index in [1.54, 1.807) is 17.0 Å². The van der Waals surface area contributed by atoms with Crippen LogP contribution in [-0.4, -0.2) is 39.8 Å². The normalized spacial score (nSPS) is 14.0. The number of carbonyl (C=O) groups is 2. The number of ketones is 1. The highest BCUT2D eigenvalue weighted by Crippen LogP contribution is 2.19. The zero-order chi connectivity index (χ0) is 15.9. The molecule has 0 bridgehead atoms. The Morgan fingerprint density at radius 2 is 2.14 bits per heavy atom. The van der Waals surface area contributed by atoms with Crippen molar-refractivity contribution in [1.82, 2.24) is 9.88 Å². The maximum atomic E-state index is 12.6. The molecule has 1 aliphatic heterocycles. The zero-order valence-corrected chi connectivity index (χ0v) is 12.2. The van der Waals surface area contributed by atoms with Crippen molar-refractivity contribution in [3.05, 3.63) is 45.2 Å². The second-order valence-corrected chi connectivity index (χ2v) is 5.44. The van der Waals surface area contributed by atoms with Crippen LogP contribution in [0.15, 0.2) is 23.0 Å². The van der Waals surface area contributed by atoms with E-state index in [4.69, 9.17) is 5.11 Å². The van der Waals surface area contributed by atoms with Crippen molar-refractivity contribution in [2.24, 2.45) is 0 Å². The topological polar surface area (TPSA) is 90.5 Å². The van der Waals surface area contributed by atoms with Gasteiger partial charge in [0.1, 0.15) is 6.61 Å². The summed E-state index contributed by atoms with van der Waals surface area (Å²) < 4.78 is 0. The van der Waals surface area contributed by atoms with Crippen molar-refractivity contribution in [2.45, 2.75) is 19.9 Å². The lowest BCUT2D eigenvalue weighted by Crippen LogP contribution is -2.37. The number of hydrogen-bond donors (Lipinski definition) is 2. The molecule has 2 aromatic rings. The van der Waals surface area contributed by atoms with Crippen molar-refractivity contribution >= 4 is 22.6 Å². The lowest BCUT2D eigenvalue weighted by atomic mass is 10.0. The molecule has 2 heterocycles. The SMILES string of the molecule is CC(=O)N1CCc2[nH]c3cc(C(=O)CO)ccc3c(=O)c2C1. The molecule has 1 aliphatic rings. The predicted octanol–water partition coefficient (Wildman–Crippen LogP) is 0.608. The van der Waals surface area contributed by atoms with Crippen LogP contribution in [-0.2, 0) is 17.8 Å². The summed E-state index contributed by atoms with van der Waals surface area (Å²) in [5, 5.41) is 9.41. The molecule has 114 valence electrons. The molecule has 1 aromatic heterocycles. The fourth-order valence-electron chi connectivity index (χ4n) is 2.81. The Labute approximate surface area is 126 Å². The summed E-state index contributed by atoms with van der Waals surface area (Å²) in [4.78, 5) is 40.5. The van der Waals surface area contributed by atoms with Crippen LogP contribution in [0.3, 0.4) is 0 Å². The zero-order valence-electron chi connectivity index (χ0n) is 12.2. The van der Waals surface area contributed by atoms with Crippen molar-refractivity contribution in [1.29, 1.82) is 0 Å². The van der Waals surface area contributed by atoms with E-state index in [0.717, 1.165) is 5.69 Å². The van der Waals surface area contributed by atoms with Gasteiger partial charge in [0.05, 0.1) is 12.1 Å². The second kappa shape index (κ2) is 5.38. The molecular weight excluding hydrogens is 284 g/mol. The van der Waals surface area contributed by atoms with E-state index in [-0.39, 0.29) is 17.1 Å². The molecule has 1 aromatic carbocycles. The van der Waals surface area contributed by atoms with E-state index in [1.165, 1.54) is 13.0 Å². The summed E-state index contributed by atoms with van der Waals surface area (Å²) in [5.41, 5.74) is 2.25. The molecule has 6 nitrogen and oxygen atoms in total. The maximum Gasteiger partial charge on any atom is 0.219 e. The molecule has 0 saturated heterocycles. The Kier molecular flexibility index (Phi) is 3.54. The van der Waals surface area contributed by atoms with E-state index >= 15 is 0 Å². The highest BCUT2D eigenvalue weighted by Gasteiger charge is 2.22. The highest BCUT2D eigenvalue weighted by atomic mass is 16.3. The van der Waals surface area contributed by atoms with E-state index in [1.807, 2.05) is 0 Å². The number of carbonyl (C=O) groups excluding carboxylic acids is 2. The Balaban J connectivity index is 2.14. The number of hydrogen-bond acceptors (Lipinski definition) is 4. The third-order valence-electron chi connectivity index (χ3n) is 4.08. The van der Waals surface area contributed by atoms with Gasteiger partial charge in [-0.2, -0.15) is 0 Å². The van der Waals surface area contributed by atoms with Crippen molar-refractivity contribution in [3.8, 4) is 0 Å². The number of Topliss-reactive ketones (excluding diaryl/α,β-unsaturated/α-hetero) is 1. The summed E-state index contributed by atoms with van der Waals surface area (Å²) in [7, 11) is 0. The Morgan fingerprint density at radius 1 is 1.36 bits per heavy atom. The first-order valence-corrected chi connectivity index (χ1v) is 7.08. The molecule has 6 heteroatoms. The fraction of sp³-hybridized carbons (Fsp3) is 0.312. The van der Waals surface area contributed by atoms with Gasteiger partial charge in [0, 0.05) is 42.1 Å². The van der Waals surface area contributed by atoms with Crippen LogP contribution in [0.25, 0.3) is 10.9 Å². The van der Waals surface area contributed by atoms with Crippen LogP contribution in [0.4, 0.5) is 0 Å². The van der Waals surface area contributed by atoms with Gasteiger partial charge in [0.15, 0.2) is 11.2 Å². The minimum absolute atomic E-state index is 0.0472. The number of nitrogens with zero attached hydrogens (tertiary/aromatic N) is 1. The van der Waals surface area contributed by atoms with E-state index in [2.05, 4.69) is 4.98 Å². The largest absolute Gasteiger partial charge is 0.388 e. The number of aromatic amines is 1. The number of benzene rings is 1. The summed E-state index contributed by atoms with van der Waals surface area (Å²) in [6.07, 6.45) is 0.582. The Bertz CT molecular complexity index is 838. The fourth-order valence-corrected chi connectivity index (χ4v) is 2.81. The van der Waals surface area contributed by atoms with Crippen LogP contribution in [0.2, 0.25) is 0 Å². The van der Waals surface area contributed by atoms with Crippen LogP contribution < -0.4 is 5.43 Å². The number of H-pyrrole nitrogens is 1. The minimum Gasteiger partial charge on any atom is -0.388 e. The third kappa shape index (κ3) is 2.31. The number of fused-ring (bicyclic) bond motifs is 2. The van der Waals surface area contributed by atoms with Crippen LogP contribution in [0.1, 0.15) is 28.5 Å². The number of aliphatic hydroxyl groups excluding tert-OH is 1. The highest BCUT2D eigenvalue weighted by molar-refractivity contribution is 6.00. The van der Waals surface area contributed by atoms with Crippen LogP contribution >= 0.6 is 0 Å². The molecular formula is C16H16N2O4. The summed E-state index contributed by atoms with van der Waals surface area (Å²) >= 11 is 0. The van der Waals surface area contributed by atoms with Crippen LogP contribution in [0.5, 0.6) is 0 Å². The quantitative estimate of drug-likeness (QED) is 0.795. The smallest absolute Gasteiger partial charge is 0.219 e. The summed E-state index contributed by atoms with van der Waals surface area (Å²) in [6, 6.07) is 4.71. The van der Waals surface area contributed by atoms with Gasteiger partial charge < -0.3 is 15.0 Å². The van der Waals surface area contributed by atoms with Gasteiger partial charge >= 0.3 is 0 Å². The number of aliphatic hydroxyl groups is 1. The Morgan fingerprint density at radius 3 is 2.82 bits per heavy atom. The second-order valence-electron chi connectivity index (χ2n) is 5.44. The molecule has 0 atom stereocenters. The predicted molar refractivity (Wildman–Crippen MR) is 80.8 cm³/mol. The lowest BCUT2D eigenvalue weighted by molar-refractivity contribution is -0.129. The van der Waals surface area contributed by atoms with E-state index in [0.29, 0.717) is 41.5 Å². The lowest BCUT2D eigenvalue weighted by Gasteiger charge is -2.27. The molecule has 3 rings (SSSR count).